The second kappa shape index (κ2) is 11.0. The van der Waals surface area contributed by atoms with E-state index in [1.54, 1.807) is 0 Å². The van der Waals surface area contributed by atoms with Crippen LogP contribution in [0.5, 0.6) is 11.5 Å². The summed E-state index contributed by atoms with van der Waals surface area (Å²) in [5, 5.41) is 9.17. The van der Waals surface area contributed by atoms with E-state index in [9.17, 15) is 44.7 Å². The Morgan fingerprint density at radius 1 is 1.05 bits per heavy atom. The van der Waals surface area contributed by atoms with Gasteiger partial charge in [-0.25, -0.2) is 12.8 Å². The quantitative estimate of drug-likeness (QED) is 0.288. The van der Waals surface area contributed by atoms with E-state index in [0.29, 0.717) is 25.3 Å². The first kappa shape index (κ1) is 29.5. The van der Waals surface area contributed by atoms with E-state index in [0.717, 1.165) is 40.7 Å². The number of anilines is 1. The van der Waals surface area contributed by atoms with Gasteiger partial charge >= 0.3 is 18.8 Å². The summed E-state index contributed by atoms with van der Waals surface area (Å²) in [6.45, 7) is -3.52. The van der Waals surface area contributed by atoms with Crippen LogP contribution in [0.4, 0.5) is 32.0 Å². The van der Waals surface area contributed by atoms with E-state index in [1.165, 1.54) is 18.2 Å². The maximum atomic E-state index is 14.2. The molecule has 1 heterocycles. The normalized spacial score (nSPS) is 20.5. The number of rotatable bonds is 8. The predicted octanol–water partition coefficient (Wildman–Crippen LogP) is 6.57. The maximum Gasteiger partial charge on any atom is 0.416 e. The zero-order valence-electron chi connectivity index (χ0n) is 21.5. The lowest BCUT2D eigenvalue weighted by molar-refractivity contribution is -0.146. The lowest BCUT2D eigenvalue weighted by Gasteiger charge is -2.40. The molecule has 0 aromatic heterocycles. The number of alkyl halides is 5. The second-order valence-corrected chi connectivity index (χ2v) is 12.0. The molecule has 7 nitrogen and oxygen atoms in total. The lowest BCUT2D eigenvalue weighted by Crippen LogP contribution is -2.45. The van der Waals surface area contributed by atoms with Crippen LogP contribution in [-0.4, -0.2) is 38.8 Å². The zero-order valence-corrected chi connectivity index (χ0v) is 22.3. The SMILES string of the molecule is O=C(O)C1CC(CC2CN(S(=O)(=O)c3cccc(C(F)(F)F)c3)c3cc(-c4cc(F)cc(OC(F)F)c4)ccc3O2)C1. The van der Waals surface area contributed by atoms with Crippen molar-refractivity contribution in [2.75, 3.05) is 10.8 Å². The van der Waals surface area contributed by atoms with Crippen molar-refractivity contribution >= 4 is 21.7 Å². The van der Waals surface area contributed by atoms with E-state index < -0.39 is 62.8 Å². The summed E-state index contributed by atoms with van der Waals surface area (Å²) in [4.78, 5) is 10.6. The van der Waals surface area contributed by atoms with Gasteiger partial charge in [-0.3, -0.25) is 9.10 Å². The molecule has 1 aliphatic heterocycles. The molecule has 14 heteroatoms. The van der Waals surface area contributed by atoms with E-state index in [4.69, 9.17) is 4.74 Å². The van der Waals surface area contributed by atoms with Crippen molar-refractivity contribution in [1.82, 2.24) is 0 Å². The Labute approximate surface area is 236 Å². The summed E-state index contributed by atoms with van der Waals surface area (Å²) in [6.07, 6.45) is -4.49. The van der Waals surface area contributed by atoms with E-state index in [-0.39, 0.29) is 35.0 Å². The number of fused-ring (bicyclic) bond motifs is 1. The Kier molecular flexibility index (Phi) is 7.77. The van der Waals surface area contributed by atoms with Gasteiger partial charge in [-0.05, 0) is 78.8 Å². The van der Waals surface area contributed by atoms with Gasteiger partial charge in [0.2, 0.25) is 0 Å². The molecule has 42 heavy (non-hydrogen) atoms. The van der Waals surface area contributed by atoms with E-state index >= 15 is 0 Å². The number of hydrogen-bond acceptors (Lipinski definition) is 5. The molecule has 5 rings (SSSR count). The fourth-order valence-electron chi connectivity index (χ4n) is 5.20. The smallest absolute Gasteiger partial charge is 0.416 e. The molecule has 3 aromatic rings. The number of sulfonamides is 1. The monoisotopic (exact) mass is 615 g/mol. The van der Waals surface area contributed by atoms with Crippen molar-refractivity contribution in [3.05, 3.63) is 72.0 Å². The molecule has 1 fully saturated rings. The van der Waals surface area contributed by atoms with E-state index in [1.807, 2.05) is 0 Å². The summed E-state index contributed by atoms with van der Waals surface area (Å²) in [6, 6.07) is 10.3. The van der Waals surface area contributed by atoms with Gasteiger partial charge in [-0.15, -0.1) is 0 Å². The molecule has 1 unspecified atom stereocenters. The van der Waals surface area contributed by atoms with Crippen LogP contribution in [0, 0.1) is 17.7 Å². The topological polar surface area (TPSA) is 93.1 Å². The molecule has 224 valence electrons. The van der Waals surface area contributed by atoms with Gasteiger partial charge in [0.1, 0.15) is 23.4 Å². The Morgan fingerprint density at radius 2 is 1.79 bits per heavy atom. The lowest BCUT2D eigenvalue weighted by atomic mass is 9.72. The largest absolute Gasteiger partial charge is 0.486 e. The molecule has 3 aromatic carbocycles. The molecule has 0 bridgehead atoms. The van der Waals surface area contributed by atoms with E-state index in [2.05, 4.69) is 4.74 Å². The zero-order chi connectivity index (χ0) is 30.4. The molecular weight excluding hydrogens is 592 g/mol. The van der Waals surface area contributed by atoms with Crippen LogP contribution in [0.3, 0.4) is 0 Å². The summed E-state index contributed by atoms with van der Waals surface area (Å²) in [5.74, 6) is -2.80. The molecule has 2 aliphatic rings. The molecular formula is C28H23F6NO6S. The fourth-order valence-corrected chi connectivity index (χ4v) is 6.75. The Morgan fingerprint density at radius 3 is 2.45 bits per heavy atom. The number of benzene rings is 3. The molecule has 1 saturated carbocycles. The highest BCUT2D eigenvalue weighted by Crippen LogP contribution is 2.44. The van der Waals surface area contributed by atoms with Gasteiger partial charge in [0.25, 0.3) is 10.0 Å². The molecule has 1 atom stereocenters. The third-order valence-corrected chi connectivity index (χ3v) is 9.03. The molecule has 1 N–H and O–H groups in total. The minimum atomic E-state index is -4.80. The first-order chi connectivity index (χ1) is 19.7. The summed E-state index contributed by atoms with van der Waals surface area (Å²) >= 11 is 0. The highest BCUT2D eigenvalue weighted by molar-refractivity contribution is 7.92. The number of halogens is 6. The number of aliphatic carboxylic acids is 1. The minimum absolute atomic E-state index is 0.0567. The number of hydrogen-bond donors (Lipinski definition) is 1. The van der Waals surface area contributed by atoms with Crippen molar-refractivity contribution in [3.63, 3.8) is 0 Å². The van der Waals surface area contributed by atoms with Gasteiger partial charge in [0.05, 0.1) is 28.6 Å². The van der Waals surface area contributed by atoms with Crippen molar-refractivity contribution < 1.29 is 54.1 Å². The first-order valence-corrected chi connectivity index (χ1v) is 14.1. The number of carboxylic acids is 1. The van der Waals surface area contributed by atoms with Crippen LogP contribution >= 0.6 is 0 Å². The highest BCUT2D eigenvalue weighted by Gasteiger charge is 2.41. The van der Waals surface area contributed by atoms with Crippen molar-refractivity contribution in [1.29, 1.82) is 0 Å². The average Bonchev–Trinajstić information content (AvgIpc) is 2.88. The van der Waals surface area contributed by atoms with Crippen LogP contribution in [0.1, 0.15) is 24.8 Å². The van der Waals surface area contributed by atoms with Gasteiger partial charge in [0.15, 0.2) is 0 Å². The Balaban J connectivity index is 1.54. The van der Waals surface area contributed by atoms with Gasteiger partial charge in [-0.2, -0.15) is 22.0 Å². The second-order valence-electron chi connectivity index (χ2n) is 10.1. The summed E-state index contributed by atoms with van der Waals surface area (Å²) < 4.78 is 119. The molecule has 0 radical (unpaired) electrons. The minimum Gasteiger partial charge on any atom is -0.486 e. The molecule has 0 saturated heterocycles. The van der Waals surface area contributed by atoms with Crippen LogP contribution in [0.25, 0.3) is 11.1 Å². The van der Waals surface area contributed by atoms with Gasteiger partial charge < -0.3 is 14.6 Å². The number of nitrogens with zero attached hydrogens (tertiary/aromatic N) is 1. The van der Waals surface area contributed by atoms with Crippen LogP contribution in [-0.2, 0) is 21.0 Å². The Hall–Kier alpha value is -3.94. The van der Waals surface area contributed by atoms with Crippen LogP contribution in [0.15, 0.2) is 65.6 Å². The average molecular weight is 616 g/mol. The van der Waals surface area contributed by atoms with Crippen LogP contribution in [0.2, 0.25) is 0 Å². The van der Waals surface area contributed by atoms with Gasteiger partial charge in [-0.1, -0.05) is 12.1 Å². The standard InChI is InChI=1S/C28H23F6NO6S/c29-20-9-17(10-21(13-20)41-27(30)31)16-4-5-25-24(11-16)35(14-22(40-25)8-15-6-18(7-15)26(36)37)42(38,39)23-3-1-2-19(12-23)28(32,33)34/h1-5,9-13,15,18,22,27H,6-8,14H2,(H,36,37). The van der Waals surface area contributed by atoms with Crippen molar-refractivity contribution in [2.45, 2.75) is 43.0 Å². The third kappa shape index (κ3) is 6.13. The number of ether oxygens (including phenoxy) is 2. The van der Waals surface area contributed by atoms with Gasteiger partial charge in [0, 0.05) is 6.07 Å². The van der Waals surface area contributed by atoms with Crippen molar-refractivity contribution in [3.8, 4) is 22.6 Å². The summed E-state index contributed by atoms with van der Waals surface area (Å²) in [7, 11) is -4.61. The number of carbonyl (C=O) groups is 1. The van der Waals surface area contributed by atoms with Crippen molar-refractivity contribution in [2.24, 2.45) is 11.8 Å². The molecule has 0 spiro atoms. The summed E-state index contributed by atoms with van der Waals surface area (Å²) in [5.41, 5.74) is -0.954. The number of carboxylic acid groups (broad SMARTS) is 1. The highest BCUT2D eigenvalue weighted by atomic mass is 32.2. The predicted molar refractivity (Wildman–Crippen MR) is 137 cm³/mol. The third-order valence-electron chi connectivity index (χ3n) is 7.25. The molecule has 1 aliphatic carbocycles. The fraction of sp³-hybridized carbons (Fsp3) is 0.321. The Bertz CT molecular complexity index is 1610. The van der Waals surface area contributed by atoms with Crippen LogP contribution < -0.4 is 13.8 Å². The first-order valence-electron chi connectivity index (χ1n) is 12.7. The maximum absolute atomic E-state index is 14.2. The molecule has 0 amide bonds.